The van der Waals surface area contributed by atoms with E-state index in [0.717, 1.165) is 38.2 Å². The van der Waals surface area contributed by atoms with E-state index in [1.165, 1.54) is 61.8 Å². The Kier molecular flexibility index (Phi) is 13.7. The SMILES string of the molecule is CCCCCc1ccc(OCCCC[n+]2ccccc2C)c(CCCCC)c1.[Br-]. The molecule has 0 spiro atoms. The molecule has 0 saturated carbocycles. The quantitative estimate of drug-likeness (QED) is 0.309. The van der Waals surface area contributed by atoms with Crippen LogP contribution >= 0.6 is 0 Å². The molecule has 2 aromatic rings. The number of hydrogen-bond donors (Lipinski definition) is 0. The van der Waals surface area contributed by atoms with Gasteiger partial charge < -0.3 is 21.7 Å². The van der Waals surface area contributed by atoms with Crippen molar-refractivity contribution in [3.05, 3.63) is 59.4 Å². The second kappa shape index (κ2) is 15.5. The van der Waals surface area contributed by atoms with Crippen LogP contribution in [0.4, 0.5) is 0 Å². The maximum atomic E-state index is 6.21. The van der Waals surface area contributed by atoms with Gasteiger partial charge in [-0.25, -0.2) is 4.57 Å². The molecule has 29 heavy (non-hydrogen) atoms. The van der Waals surface area contributed by atoms with Crippen LogP contribution < -0.4 is 26.3 Å². The first kappa shape index (κ1) is 25.7. The lowest BCUT2D eigenvalue weighted by Crippen LogP contribution is -3.00. The third kappa shape index (κ3) is 9.80. The topological polar surface area (TPSA) is 13.1 Å². The van der Waals surface area contributed by atoms with Gasteiger partial charge in [-0.1, -0.05) is 57.7 Å². The molecule has 0 bridgehead atoms. The molecular formula is C26H40BrNO. The first-order valence-corrected chi connectivity index (χ1v) is 11.4. The van der Waals surface area contributed by atoms with Crippen LogP contribution in [0.2, 0.25) is 0 Å². The Morgan fingerprint density at radius 1 is 0.828 bits per heavy atom. The molecule has 0 aliphatic carbocycles. The van der Waals surface area contributed by atoms with Gasteiger partial charge in [-0.3, -0.25) is 0 Å². The average molecular weight is 463 g/mol. The van der Waals surface area contributed by atoms with Crippen molar-refractivity contribution in [2.75, 3.05) is 6.61 Å². The smallest absolute Gasteiger partial charge is 0.178 e. The van der Waals surface area contributed by atoms with Crippen molar-refractivity contribution in [3.8, 4) is 5.75 Å². The average Bonchev–Trinajstić information content (AvgIpc) is 2.70. The van der Waals surface area contributed by atoms with Gasteiger partial charge in [0.1, 0.15) is 12.3 Å². The molecule has 0 saturated heterocycles. The zero-order valence-corrected chi connectivity index (χ0v) is 20.3. The van der Waals surface area contributed by atoms with E-state index in [4.69, 9.17) is 4.74 Å². The van der Waals surface area contributed by atoms with Crippen LogP contribution in [0, 0.1) is 6.92 Å². The van der Waals surface area contributed by atoms with Gasteiger partial charge in [0.2, 0.25) is 0 Å². The zero-order chi connectivity index (χ0) is 20.0. The molecular weight excluding hydrogens is 422 g/mol. The summed E-state index contributed by atoms with van der Waals surface area (Å²) in [6.07, 6.45) is 14.5. The standard InChI is InChI=1S/C26H40NO.BrH/c1-4-6-8-15-24-17-18-26(25(22-24)16-9-7-5-2)28-21-13-12-20-27-19-11-10-14-23(27)3;/h10-11,14,17-19,22H,4-9,12-13,15-16,20-21H2,1-3H3;1H/q+1;/p-1. The largest absolute Gasteiger partial charge is 1.00 e. The van der Waals surface area contributed by atoms with Crippen LogP contribution in [0.25, 0.3) is 0 Å². The van der Waals surface area contributed by atoms with Gasteiger partial charge in [-0.2, -0.15) is 0 Å². The molecule has 1 aromatic carbocycles. The molecule has 2 nitrogen and oxygen atoms in total. The Bertz CT molecular complexity index is 686. The minimum atomic E-state index is 0. The Balaban J connectivity index is 0.00000420. The lowest BCUT2D eigenvalue weighted by atomic mass is 10.00. The summed E-state index contributed by atoms with van der Waals surface area (Å²) < 4.78 is 8.53. The highest BCUT2D eigenvalue weighted by Gasteiger charge is 2.07. The molecule has 0 amide bonds. The predicted octanol–water partition coefficient (Wildman–Crippen LogP) is 3.61. The van der Waals surface area contributed by atoms with E-state index < -0.39 is 0 Å². The molecule has 0 unspecified atom stereocenters. The summed E-state index contributed by atoms with van der Waals surface area (Å²) in [7, 11) is 0. The zero-order valence-electron chi connectivity index (χ0n) is 18.8. The van der Waals surface area contributed by atoms with Crippen molar-refractivity contribution in [2.45, 2.75) is 91.5 Å². The highest BCUT2D eigenvalue weighted by Crippen LogP contribution is 2.24. The molecule has 1 heterocycles. The minimum absolute atomic E-state index is 0. The van der Waals surface area contributed by atoms with E-state index in [9.17, 15) is 0 Å². The number of pyridine rings is 1. The van der Waals surface area contributed by atoms with Gasteiger partial charge >= 0.3 is 0 Å². The van der Waals surface area contributed by atoms with Crippen LogP contribution in [0.15, 0.2) is 42.6 Å². The molecule has 3 heteroatoms. The summed E-state index contributed by atoms with van der Waals surface area (Å²) in [5.74, 6) is 1.11. The summed E-state index contributed by atoms with van der Waals surface area (Å²) in [6, 6.07) is 13.3. The molecule has 0 N–H and O–H groups in total. The Labute approximate surface area is 189 Å². The van der Waals surface area contributed by atoms with Crippen molar-refractivity contribution in [1.82, 2.24) is 0 Å². The number of aryl methyl sites for hydroxylation is 4. The van der Waals surface area contributed by atoms with Gasteiger partial charge in [0.15, 0.2) is 11.9 Å². The fourth-order valence-corrected chi connectivity index (χ4v) is 3.65. The second-order valence-corrected chi connectivity index (χ2v) is 7.95. The van der Waals surface area contributed by atoms with Gasteiger partial charge in [-0.05, 0) is 49.3 Å². The number of ether oxygens (including phenoxy) is 1. The lowest BCUT2D eigenvalue weighted by Gasteiger charge is -2.13. The highest BCUT2D eigenvalue weighted by molar-refractivity contribution is 5.37. The monoisotopic (exact) mass is 461 g/mol. The van der Waals surface area contributed by atoms with Gasteiger partial charge in [0.05, 0.1) is 6.61 Å². The fraction of sp³-hybridized carbons (Fsp3) is 0.577. The molecule has 162 valence electrons. The van der Waals surface area contributed by atoms with E-state index in [0.29, 0.717) is 0 Å². The number of nitrogens with zero attached hydrogens (tertiary/aromatic N) is 1. The molecule has 0 aliphatic rings. The van der Waals surface area contributed by atoms with Crippen LogP contribution in [-0.4, -0.2) is 6.61 Å². The normalized spacial score (nSPS) is 10.6. The third-order valence-electron chi connectivity index (χ3n) is 5.46. The number of unbranched alkanes of at least 4 members (excludes halogenated alkanes) is 5. The minimum Gasteiger partial charge on any atom is -1.00 e. The second-order valence-electron chi connectivity index (χ2n) is 7.95. The van der Waals surface area contributed by atoms with Crippen LogP contribution in [0.3, 0.4) is 0 Å². The molecule has 0 radical (unpaired) electrons. The Morgan fingerprint density at radius 3 is 2.31 bits per heavy atom. The fourth-order valence-electron chi connectivity index (χ4n) is 3.65. The van der Waals surface area contributed by atoms with E-state index >= 15 is 0 Å². The van der Waals surface area contributed by atoms with Crippen molar-refractivity contribution in [1.29, 1.82) is 0 Å². The highest BCUT2D eigenvalue weighted by atomic mass is 79.9. The molecule has 0 aliphatic heterocycles. The van der Waals surface area contributed by atoms with E-state index in [2.05, 4.69) is 67.9 Å². The summed E-state index contributed by atoms with van der Waals surface area (Å²) in [5, 5.41) is 0. The van der Waals surface area contributed by atoms with Crippen LogP contribution in [-0.2, 0) is 19.4 Å². The van der Waals surface area contributed by atoms with E-state index in [-0.39, 0.29) is 17.0 Å². The predicted molar refractivity (Wildman–Crippen MR) is 119 cm³/mol. The van der Waals surface area contributed by atoms with Crippen molar-refractivity contribution in [2.24, 2.45) is 0 Å². The van der Waals surface area contributed by atoms with Crippen LogP contribution in [0.1, 0.15) is 82.0 Å². The molecule has 0 fully saturated rings. The van der Waals surface area contributed by atoms with E-state index in [1.807, 2.05) is 0 Å². The Hall–Kier alpha value is -1.35. The Morgan fingerprint density at radius 2 is 1.59 bits per heavy atom. The number of halogens is 1. The number of rotatable bonds is 14. The van der Waals surface area contributed by atoms with Crippen molar-refractivity contribution < 1.29 is 26.3 Å². The summed E-state index contributed by atoms with van der Waals surface area (Å²) in [4.78, 5) is 0. The number of aromatic nitrogens is 1. The van der Waals surface area contributed by atoms with Gasteiger partial charge in [0.25, 0.3) is 0 Å². The van der Waals surface area contributed by atoms with Gasteiger partial charge in [0, 0.05) is 25.5 Å². The summed E-state index contributed by atoms with van der Waals surface area (Å²) in [6.45, 7) is 8.58. The molecule has 1 aromatic heterocycles. The maximum Gasteiger partial charge on any atom is 0.178 e. The van der Waals surface area contributed by atoms with Crippen LogP contribution in [0.5, 0.6) is 5.75 Å². The van der Waals surface area contributed by atoms with Crippen molar-refractivity contribution in [3.63, 3.8) is 0 Å². The molecule has 2 rings (SSSR count). The lowest BCUT2D eigenvalue weighted by molar-refractivity contribution is -0.703. The number of benzene rings is 1. The first-order valence-electron chi connectivity index (χ1n) is 11.4. The maximum absolute atomic E-state index is 6.21. The number of hydrogen-bond acceptors (Lipinski definition) is 1. The summed E-state index contributed by atoms with van der Waals surface area (Å²) >= 11 is 0. The van der Waals surface area contributed by atoms with Gasteiger partial charge in [-0.15, -0.1) is 0 Å². The third-order valence-corrected chi connectivity index (χ3v) is 5.46. The first-order chi connectivity index (χ1) is 13.7. The van der Waals surface area contributed by atoms with E-state index in [1.54, 1.807) is 0 Å². The molecule has 0 atom stereocenters. The van der Waals surface area contributed by atoms with Crippen molar-refractivity contribution >= 4 is 0 Å². The summed E-state index contributed by atoms with van der Waals surface area (Å²) in [5.41, 5.74) is 4.21.